The van der Waals surface area contributed by atoms with Crippen molar-refractivity contribution < 1.29 is 28.6 Å². The highest BCUT2D eigenvalue weighted by atomic mass is 35.5. The Bertz CT molecular complexity index is 2500. The zero-order chi connectivity index (χ0) is 47.6. The quantitative estimate of drug-likeness (QED) is 0.102. The zero-order valence-corrected chi connectivity index (χ0v) is 40.0. The van der Waals surface area contributed by atoms with Crippen LogP contribution in [-0.4, -0.2) is 108 Å². The molecule has 0 bridgehead atoms. The Kier molecular flexibility index (Phi) is 13.8. The monoisotopic (exact) mass is 933 g/mol. The number of nitrogens with zero attached hydrogens (tertiary/aromatic N) is 8. The second-order valence-electron chi connectivity index (χ2n) is 19.0. The van der Waals surface area contributed by atoms with Crippen LogP contribution in [0.4, 0.5) is 29.1 Å². The van der Waals surface area contributed by atoms with E-state index in [1.54, 1.807) is 74.0 Å². The molecule has 18 heteroatoms. The number of halogens is 1. The third kappa shape index (κ3) is 9.51. The first kappa shape index (κ1) is 47.3. The van der Waals surface area contributed by atoms with E-state index in [-0.39, 0.29) is 48.1 Å². The predicted molar refractivity (Wildman–Crippen MR) is 255 cm³/mol. The van der Waals surface area contributed by atoms with Gasteiger partial charge in [0.25, 0.3) is 11.8 Å². The molecule has 0 radical (unpaired) electrons. The van der Waals surface area contributed by atoms with Crippen molar-refractivity contribution in [2.75, 3.05) is 60.4 Å². The largest absolute Gasteiger partial charge is 0.495 e. The van der Waals surface area contributed by atoms with Crippen LogP contribution in [0.3, 0.4) is 0 Å². The van der Waals surface area contributed by atoms with Crippen molar-refractivity contribution in [1.82, 2.24) is 30.6 Å². The van der Waals surface area contributed by atoms with Gasteiger partial charge >= 0.3 is 0 Å². The Morgan fingerprint density at radius 3 is 2.31 bits per heavy atom. The smallest absolute Gasteiger partial charge is 0.254 e. The lowest BCUT2D eigenvalue weighted by Gasteiger charge is -2.63. The lowest BCUT2D eigenvalue weighted by Crippen LogP contribution is -2.74. The third-order valence-electron chi connectivity index (χ3n) is 13.9. The zero-order valence-electron chi connectivity index (χ0n) is 39.3. The van der Waals surface area contributed by atoms with Crippen molar-refractivity contribution in [3.8, 4) is 17.6 Å². The van der Waals surface area contributed by atoms with Gasteiger partial charge in [-0.25, -0.2) is 15.0 Å². The molecule has 1 unspecified atom stereocenters. The second kappa shape index (κ2) is 19.5. The molecule has 8 rings (SSSR count). The molecular formula is C49H60ClN11O6. The molecule has 4 aliphatic rings. The average molecular weight is 935 g/mol. The molecule has 2 saturated carbocycles. The van der Waals surface area contributed by atoms with Crippen LogP contribution in [-0.2, 0) is 9.53 Å². The van der Waals surface area contributed by atoms with Gasteiger partial charge in [-0.1, -0.05) is 59.1 Å². The van der Waals surface area contributed by atoms with E-state index in [0.717, 1.165) is 44.3 Å². The maximum Gasteiger partial charge on any atom is 0.254 e. The Morgan fingerprint density at radius 2 is 1.66 bits per heavy atom. The van der Waals surface area contributed by atoms with Crippen molar-refractivity contribution in [3.63, 3.8) is 0 Å². The molecule has 17 nitrogen and oxygen atoms in total. The van der Waals surface area contributed by atoms with Crippen LogP contribution in [0, 0.1) is 22.2 Å². The first-order valence-corrected chi connectivity index (χ1v) is 23.5. The number of fused-ring (bicyclic) bond motifs is 1. The van der Waals surface area contributed by atoms with Crippen molar-refractivity contribution in [2.24, 2.45) is 10.8 Å². The van der Waals surface area contributed by atoms with Gasteiger partial charge in [0.1, 0.15) is 35.4 Å². The highest BCUT2D eigenvalue weighted by molar-refractivity contribution is 6.31. The van der Waals surface area contributed by atoms with E-state index in [0.29, 0.717) is 89.1 Å². The summed E-state index contributed by atoms with van der Waals surface area (Å²) in [4.78, 5) is 64.4. The van der Waals surface area contributed by atoms with E-state index in [2.05, 4.69) is 74.5 Å². The van der Waals surface area contributed by atoms with E-state index in [9.17, 15) is 19.6 Å². The number of rotatable bonds is 15. The van der Waals surface area contributed by atoms with Crippen LogP contribution < -0.4 is 40.1 Å². The van der Waals surface area contributed by atoms with Gasteiger partial charge in [0.15, 0.2) is 5.82 Å². The van der Waals surface area contributed by atoms with E-state index in [1.807, 2.05) is 6.92 Å². The summed E-state index contributed by atoms with van der Waals surface area (Å²) in [5.74, 6) is 2.25. The average Bonchev–Trinajstić information content (AvgIpc) is 3.87. The van der Waals surface area contributed by atoms with E-state index in [4.69, 9.17) is 30.8 Å². The molecule has 1 atom stereocenters. The van der Waals surface area contributed by atoms with Gasteiger partial charge in [-0.2, -0.15) is 10.2 Å². The molecular weight excluding hydrogens is 874 g/mol. The first-order valence-electron chi connectivity index (χ1n) is 23.2. The number of likely N-dealkylation sites (N-methyl/N-ethyl adjacent to an activating group) is 1. The predicted octanol–water partition coefficient (Wildman–Crippen LogP) is 7.08. The Balaban J connectivity index is 0.780. The van der Waals surface area contributed by atoms with Crippen molar-refractivity contribution in [2.45, 2.75) is 110 Å². The minimum absolute atomic E-state index is 0.0179. The van der Waals surface area contributed by atoms with Gasteiger partial charge in [-0.05, 0) is 62.4 Å². The van der Waals surface area contributed by atoms with E-state index in [1.165, 1.54) is 0 Å². The number of methoxy groups -OCH3 is 1. The summed E-state index contributed by atoms with van der Waals surface area (Å²) in [7, 11) is 3.33. The fourth-order valence-electron chi connectivity index (χ4n) is 10.6. The molecule has 3 amide bonds. The van der Waals surface area contributed by atoms with Gasteiger partial charge in [0, 0.05) is 73.6 Å². The van der Waals surface area contributed by atoms with Gasteiger partial charge in [0.2, 0.25) is 17.8 Å². The molecule has 4 aromatic rings. The van der Waals surface area contributed by atoms with Crippen LogP contribution in [0.2, 0.25) is 5.02 Å². The molecule has 2 aromatic heterocycles. The van der Waals surface area contributed by atoms with E-state index >= 15 is 0 Å². The van der Waals surface area contributed by atoms with Crippen molar-refractivity contribution >= 4 is 58.4 Å². The molecule has 3 N–H and O–H groups in total. The number of hydrogen-bond donors (Lipinski definition) is 3. The lowest BCUT2D eigenvalue weighted by atomic mass is 9.49. The van der Waals surface area contributed by atoms with Gasteiger partial charge < -0.3 is 44.9 Å². The molecule has 2 aromatic carbocycles. The van der Waals surface area contributed by atoms with E-state index < -0.39 is 10.8 Å². The van der Waals surface area contributed by atoms with Crippen LogP contribution in [0.5, 0.6) is 11.5 Å². The molecule has 67 heavy (non-hydrogen) atoms. The van der Waals surface area contributed by atoms with Crippen molar-refractivity contribution in [1.29, 1.82) is 5.26 Å². The fourth-order valence-corrected chi connectivity index (χ4v) is 10.8. The van der Waals surface area contributed by atoms with Crippen LogP contribution in [0.15, 0.2) is 55.0 Å². The summed E-state index contributed by atoms with van der Waals surface area (Å²) in [6.45, 7) is 12.3. The fraction of sp³-hybridized carbons (Fsp3) is 0.510. The van der Waals surface area contributed by atoms with Crippen LogP contribution >= 0.6 is 11.6 Å². The molecule has 3 fully saturated rings. The number of piperidine rings is 1. The number of anilines is 5. The summed E-state index contributed by atoms with van der Waals surface area (Å²) in [5.41, 5.74) is 1.67. The Morgan fingerprint density at radius 1 is 0.940 bits per heavy atom. The number of hydrogen-bond acceptors (Lipinski definition) is 14. The Labute approximate surface area is 396 Å². The molecule has 0 spiro atoms. The molecule has 2 aliphatic carbocycles. The molecule has 354 valence electrons. The maximum absolute atomic E-state index is 13.4. The topological polar surface area (TPSA) is 200 Å². The third-order valence-corrected chi connectivity index (χ3v) is 14.2. The van der Waals surface area contributed by atoms with Gasteiger partial charge in [0.05, 0.1) is 47.9 Å². The number of nitriles is 1. The molecule has 1 saturated heterocycles. The summed E-state index contributed by atoms with van der Waals surface area (Å²) in [5, 5.41) is 19.0. The minimum atomic E-state index is -0.405. The summed E-state index contributed by atoms with van der Waals surface area (Å²) >= 11 is 6.25. The van der Waals surface area contributed by atoms with Gasteiger partial charge in [-0.3, -0.25) is 14.4 Å². The number of ether oxygens (including phenoxy) is 3. The maximum atomic E-state index is 13.4. The summed E-state index contributed by atoms with van der Waals surface area (Å²) < 4.78 is 18.2. The minimum Gasteiger partial charge on any atom is -0.495 e. The highest BCUT2D eigenvalue weighted by Gasteiger charge is 2.64. The van der Waals surface area contributed by atoms with Crippen molar-refractivity contribution in [3.05, 3.63) is 76.7 Å². The number of carbonyl (C=O) groups is 3. The SMILES string of the molecule is CCC1C(=O)N(C)c2cnc(Nc3ccc(C(=O)NCCOC4CCN(c5ncc(C(=O)N[C@H]6C(C)(C)[C@H](Oc7ccc(C#N)c(Cl)c7)C6(C)C)cn5)CC4)cc3OC)nc2N1C1CCCC1. The Hall–Kier alpha value is -6.25. The van der Waals surface area contributed by atoms with Gasteiger partial charge in [-0.15, -0.1) is 0 Å². The number of benzene rings is 2. The first-order chi connectivity index (χ1) is 32.1. The van der Waals surface area contributed by atoms with Crippen LogP contribution in [0.25, 0.3) is 0 Å². The molecule has 4 heterocycles. The number of carbonyl (C=O) groups excluding carboxylic acids is 3. The lowest BCUT2D eigenvalue weighted by molar-refractivity contribution is -0.164. The normalized spacial score (nSPS) is 21.2. The highest BCUT2D eigenvalue weighted by Crippen LogP contribution is 2.55. The number of aromatic nitrogens is 4. The summed E-state index contributed by atoms with van der Waals surface area (Å²) in [6.07, 6.45) is 11.1. The molecule has 2 aliphatic heterocycles. The summed E-state index contributed by atoms with van der Waals surface area (Å²) in [6, 6.07) is 12.0. The standard InChI is InChI=1S/C49H60ClN11O6/c1-8-37-43(64)59(6)38-28-53-46(57-40(38)61(37)32-11-9-10-12-32)56-36-16-14-29(23-39(36)65-7)41(62)52-19-22-66-33-17-20-60(21-18-33)47-54-26-31(27-55-47)42(63)58-44-48(2,3)45(49(44,4)5)67-34-15-13-30(25-51)35(50)24-34/h13-16,23-24,26-28,32-33,37,44-45H,8-12,17-22H2,1-7H3,(H,52,62)(H,58,63)(H,53,56,57)/t37?,44-,45-. The van der Waals surface area contributed by atoms with Crippen LogP contribution in [0.1, 0.15) is 106 Å². The number of amides is 3. The number of nitrogens with one attached hydrogen (secondary N) is 3. The second-order valence-corrected chi connectivity index (χ2v) is 19.4.